The van der Waals surface area contributed by atoms with Crippen molar-refractivity contribution < 1.29 is 9.47 Å². The van der Waals surface area contributed by atoms with Gasteiger partial charge in [-0.1, -0.05) is 0 Å². The second-order valence-electron chi connectivity index (χ2n) is 5.31. The summed E-state index contributed by atoms with van der Waals surface area (Å²) in [6.45, 7) is 6.20. The monoisotopic (exact) mass is 249 g/mol. The number of hydrogen-bond acceptors (Lipinski definition) is 3. The number of rotatable bonds is 5. The van der Waals surface area contributed by atoms with E-state index in [9.17, 15) is 0 Å². The minimum absolute atomic E-state index is 0.220. The lowest BCUT2D eigenvalue weighted by Crippen LogP contribution is -2.40. The summed E-state index contributed by atoms with van der Waals surface area (Å²) in [6, 6.07) is 6.77. The van der Waals surface area contributed by atoms with Crippen LogP contribution in [-0.4, -0.2) is 25.4 Å². The summed E-state index contributed by atoms with van der Waals surface area (Å²) < 4.78 is 11.0. The lowest BCUT2D eigenvalue weighted by Gasteiger charge is -2.35. The van der Waals surface area contributed by atoms with Crippen molar-refractivity contribution in [3.63, 3.8) is 0 Å². The summed E-state index contributed by atoms with van der Waals surface area (Å²) in [5, 5.41) is 3.56. The molecule has 0 atom stereocenters. The van der Waals surface area contributed by atoms with Gasteiger partial charge in [0.05, 0.1) is 12.2 Å². The Kier molecular flexibility index (Phi) is 4.12. The number of hydrogen-bond donors (Lipinski definition) is 1. The molecular weight excluding hydrogens is 226 g/mol. The Morgan fingerprint density at radius 3 is 2.56 bits per heavy atom. The third kappa shape index (κ3) is 3.16. The van der Waals surface area contributed by atoms with Crippen molar-refractivity contribution in [3.8, 4) is 5.75 Å². The highest BCUT2D eigenvalue weighted by atomic mass is 16.5. The van der Waals surface area contributed by atoms with Crippen LogP contribution in [0, 0.1) is 6.92 Å². The molecule has 0 saturated heterocycles. The molecular formula is C15H23NO2. The normalized spacial score (nSPS) is 22.7. The van der Waals surface area contributed by atoms with Crippen molar-refractivity contribution in [1.82, 2.24) is 0 Å². The molecule has 0 aromatic heterocycles. The third-order valence-corrected chi connectivity index (χ3v) is 3.36. The van der Waals surface area contributed by atoms with Gasteiger partial charge in [0.25, 0.3) is 0 Å². The largest absolute Gasteiger partial charge is 0.491 e. The molecule has 2 rings (SSSR count). The maximum absolute atomic E-state index is 5.68. The van der Waals surface area contributed by atoms with E-state index in [1.807, 2.05) is 19.9 Å². The minimum Gasteiger partial charge on any atom is -0.491 e. The molecule has 0 heterocycles. The first-order valence-corrected chi connectivity index (χ1v) is 6.65. The van der Waals surface area contributed by atoms with E-state index in [1.165, 1.54) is 11.3 Å². The van der Waals surface area contributed by atoms with Crippen LogP contribution < -0.4 is 10.1 Å². The van der Waals surface area contributed by atoms with Gasteiger partial charge < -0.3 is 14.8 Å². The van der Waals surface area contributed by atoms with E-state index >= 15 is 0 Å². The molecule has 0 aliphatic heterocycles. The van der Waals surface area contributed by atoms with Gasteiger partial charge >= 0.3 is 0 Å². The van der Waals surface area contributed by atoms with Gasteiger partial charge in [0.1, 0.15) is 5.75 Å². The Morgan fingerprint density at radius 2 is 2.00 bits per heavy atom. The molecule has 3 nitrogen and oxygen atoms in total. The number of aryl methyl sites for hydroxylation is 1. The number of anilines is 1. The topological polar surface area (TPSA) is 30.5 Å². The van der Waals surface area contributed by atoms with E-state index < -0.39 is 0 Å². The van der Waals surface area contributed by atoms with Crippen LogP contribution in [0.4, 0.5) is 5.69 Å². The van der Waals surface area contributed by atoms with Crippen molar-refractivity contribution >= 4 is 5.69 Å². The Balaban J connectivity index is 1.93. The fourth-order valence-electron chi connectivity index (χ4n) is 2.24. The first kappa shape index (κ1) is 13.2. The standard InChI is InChI=1S/C15H23NO2/c1-10(2)18-13-5-6-15(11(3)7-13)16-12-8-14(9-12)17-4/h5-7,10,12,14,16H,8-9H2,1-4H3. The summed E-state index contributed by atoms with van der Waals surface area (Å²) in [6.07, 6.45) is 2.85. The second kappa shape index (κ2) is 5.61. The molecule has 3 heteroatoms. The van der Waals surface area contributed by atoms with Crippen LogP contribution in [0.2, 0.25) is 0 Å². The molecule has 0 unspecified atom stereocenters. The fraction of sp³-hybridized carbons (Fsp3) is 0.600. The smallest absolute Gasteiger partial charge is 0.120 e. The van der Waals surface area contributed by atoms with Crippen molar-refractivity contribution in [2.24, 2.45) is 0 Å². The number of benzene rings is 1. The molecule has 1 aliphatic rings. The number of ether oxygens (including phenoxy) is 2. The molecule has 0 amide bonds. The van der Waals surface area contributed by atoms with Crippen LogP contribution in [0.3, 0.4) is 0 Å². The van der Waals surface area contributed by atoms with Gasteiger partial charge in [0.2, 0.25) is 0 Å². The average Bonchev–Trinajstić information content (AvgIpc) is 2.24. The average molecular weight is 249 g/mol. The molecule has 0 bridgehead atoms. The molecule has 0 radical (unpaired) electrons. The highest BCUT2D eigenvalue weighted by molar-refractivity contribution is 5.54. The summed E-state index contributed by atoms with van der Waals surface area (Å²) in [5.41, 5.74) is 2.43. The first-order valence-electron chi connectivity index (χ1n) is 6.65. The van der Waals surface area contributed by atoms with Crippen LogP contribution in [-0.2, 0) is 4.74 Å². The highest BCUT2D eigenvalue weighted by Crippen LogP contribution is 2.29. The van der Waals surface area contributed by atoms with Gasteiger partial charge in [-0.2, -0.15) is 0 Å². The molecule has 1 N–H and O–H groups in total. The van der Waals surface area contributed by atoms with Gasteiger partial charge in [-0.3, -0.25) is 0 Å². The van der Waals surface area contributed by atoms with Gasteiger partial charge in [-0.05, 0) is 57.4 Å². The predicted octanol–water partition coefficient (Wildman–Crippen LogP) is 3.37. The molecule has 1 aromatic carbocycles. The van der Waals surface area contributed by atoms with E-state index in [1.54, 1.807) is 7.11 Å². The molecule has 0 spiro atoms. The fourth-order valence-corrected chi connectivity index (χ4v) is 2.24. The van der Waals surface area contributed by atoms with Crippen LogP contribution >= 0.6 is 0 Å². The molecule has 18 heavy (non-hydrogen) atoms. The summed E-state index contributed by atoms with van der Waals surface area (Å²) in [5.74, 6) is 0.941. The van der Waals surface area contributed by atoms with Crippen LogP contribution in [0.15, 0.2) is 18.2 Å². The maximum atomic E-state index is 5.68. The van der Waals surface area contributed by atoms with Gasteiger partial charge in [0.15, 0.2) is 0 Å². The molecule has 100 valence electrons. The second-order valence-corrected chi connectivity index (χ2v) is 5.31. The van der Waals surface area contributed by atoms with Crippen molar-refractivity contribution in [2.75, 3.05) is 12.4 Å². The highest BCUT2D eigenvalue weighted by Gasteiger charge is 2.28. The first-order chi connectivity index (χ1) is 8.58. The van der Waals surface area contributed by atoms with E-state index in [4.69, 9.17) is 9.47 Å². The van der Waals surface area contributed by atoms with E-state index in [-0.39, 0.29) is 6.10 Å². The Hall–Kier alpha value is -1.22. The Morgan fingerprint density at radius 1 is 1.28 bits per heavy atom. The zero-order valence-corrected chi connectivity index (χ0v) is 11.7. The summed E-state index contributed by atoms with van der Waals surface area (Å²) >= 11 is 0. The summed E-state index contributed by atoms with van der Waals surface area (Å²) in [4.78, 5) is 0. The van der Waals surface area contributed by atoms with Crippen LogP contribution in [0.1, 0.15) is 32.3 Å². The third-order valence-electron chi connectivity index (χ3n) is 3.36. The van der Waals surface area contributed by atoms with E-state index in [2.05, 4.69) is 24.4 Å². The minimum atomic E-state index is 0.220. The SMILES string of the molecule is COC1CC(Nc2ccc(OC(C)C)cc2C)C1. The van der Waals surface area contributed by atoms with E-state index in [0.717, 1.165) is 18.6 Å². The van der Waals surface area contributed by atoms with Crippen molar-refractivity contribution in [3.05, 3.63) is 23.8 Å². The molecule has 1 saturated carbocycles. The predicted molar refractivity (Wildman–Crippen MR) is 74.4 cm³/mol. The number of nitrogens with one attached hydrogen (secondary N) is 1. The quantitative estimate of drug-likeness (QED) is 0.868. The van der Waals surface area contributed by atoms with Crippen LogP contribution in [0.25, 0.3) is 0 Å². The van der Waals surface area contributed by atoms with Gasteiger partial charge in [0, 0.05) is 18.8 Å². The van der Waals surface area contributed by atoms with E-state index in [0.29, 0.717) is 12.1 Å². The van der Waals surface area contributed by atoms with Gasteiger partial charge in [-0.15, -0.1) is 0 Å². The lowest BCUT2D eigenvalue weighted by atomic mass is 9.89. The molecule has 1 aliphatic carbocycles. The summed E-state index contributed by atoms with van der Waals surface area (Å²) in [7, 11) is 1.78. The Bertz CT molecular complexity index is 397. The van der Waals surface area contributed by atoms with Crippen LogP contribution in [0.5, 0.6) is 5.75 Å². The molecule has 1 fully saturated rings. The zero-order valence-electron chi connectivity index (χ0n) is 11.7. The lowest BCUT2D eigenvalue weighted by molar-refractivity contribution is 0.0328. The molecule has 1 aromatic rings. The zero-order chi connectivity index (χ0) is 13.1. The number of methoxy groups -OCH3 is 1. The Labute approximate surface area is 109 Å². The van der Waals surface area contributed by atoms with Gasteiger partial charge in [-0.25, -0.2) is 0 Å². The van der Waals surface area contributed by atoms with Crippen molar-refractivity contribution in [1.29, 1.82) is 0 Å². The maximum Gasteiger partial charge on any atom is 0.120 e. The van der Waals surface area contributed by atoms with Crippen molar-refractivity contribution in [2.45, 2.75) is 51.9 Å².